The lowest BCUT2D eigenvalue weighted by Gasteiger charge is -2.28. The fourth-order valence-electron chi connectivity index (χ4n) is 2.46. The van der Waals surface area contributed by atoms with Crippen LogP contribution in [0.2, 0.25) is 0 Å². The van der Waals surface area contributed by atoms with Gasteiger partial charge in [0.25, 0.3) is 0 Å². The van der Waals surface area contributed by atoms with E-state index in [0.29, 0.717) is 18.7 Å². The van der Waals surface area contributed by atoms with Crippen molar-refractivity contribution < 1.29 is 9.50 Å². The lowest BCUT2D eigenvalue weighted by Crippen LogP contribution is -2.28. The summed E-state index contributed by atoms with van der Waals surface area (Å²) in [6, 6.07) is 14.4. The zero-order chi connectivity index (χ0) is 15.2. The van der Waals surface area contributed by atoms with Crippen molar-refractivity contribution in [2.45, 2.75) is 19.5 Å². The van der Waals surface area contributed by atoms with Crippen molar-refractivity contribution in [2.24, 2.45) is 5.73 Å². The molecule has 0 aliphatic rings. The number of rotatable bonds is 6. The van der Waals surface area contributed by atoms with Gasteiger partial charge >= 0.3 is 0 Å². The number of hydrogen-bond acceptors (Lipinski definition) is 3. The van der Waals surface area contributed by atoms with Gasteiger partial charge in [-0.05, 0) is 24.6 Å². The van der Waals surface area contributed by atoms with Crippen LogP contribution in [0.4, 0.5) is 10.1 Å². The first-order chi connectivity index (χ1) is 10.1. The third-order valence-corrected chi connectivity index (χ3v) is 3.41. The first-order valence-corrected chi connectivity index (χ1v) is 7.07. The van der Waals surface area contributed by atoms with Gasteiger partial charge in [-0.1, -0.05) is 36.4 Å². The summed E-state index contributed by atoms with van der Waals surface area (Å²) >= 11 is 0. The minimum absolute atomic E-state index is 0.00173. The van der Waals surface area contributed by atoms with Gasteiger partial charge in [-0.25, -0.2) is 4.39 Å². The maximum absolute atomic E-state index is 14.1. The van der Waals surface area contributed by atoms with E-state index in [1.807, 2.05) is 41.3 Å². The number of nitrogens with zero attached hydrogens (tertiary/aromatic N) is 1. The molecular weight excluding hydrogens is 267 g/mol. The molecule has 1 atom stereocenters. The summed E-state index contributed by atoms with van der Waals surface area (Å²) in [6.45, 7) is 2.80. The van der Waals surface area contributed by atoms with Gasteiger partial charge in [-0.2, -0.15) is 0 Å². The number of aliphatic hydroxyl groups is 1. The molecule has 2 aromatic carbocycles. The number of aliphatic hydroxyl groups excluding tert-OH is 1. The quantitative estimate of drug-likeness (QED) is 0.859. The third kappa shape index (κ3) is 3.80. The summed E-state index contributed by atoms with van der Waals surface area (Å²) in [6.07, 6.45) is 0. The fourth-order valence-corrected chi connectivity index (χ4v) is 2.46. The SMILES string of the molecule is C[C@H](N)c1c(F)cccc1N(CCO)Cc1ccccc1. The van der Waals surface area contributed by atoms with Crippen LogP contribution in [0.1, 0.15) is 24.1 Å². The lowest BCUT2D eigenvalue weighted by atomic mass is 10.0. The molecule has 0 saturated carbocycles. The average molecular weight is 288 g/mol. The van der Waals surface area contributed by atoms with Crippen molar-refractivity contribution in [3.8, 4) is 0 Å². The van der Waals surface area contributed by atoms with Crippen LogP contribution in [0.3, 0.4) is 0 Å². The van der Waals surface area contributed by atoms with Gasteiger partial charge in [-0.3, -0.25) is 0 Å². The predicted octanol–water partition coefficient (Wildman–Crippen LogP) is 2.84. The van der Waals surface area contributed by atoms with Gasteiger partial charge in [0.1, 0.15) is 5.82 Å². The molecule has 0 spiro atoms. The molecule has 0 aromatic heterocycles. The molecule has 3 nitrogen and oxygen atoms in total. The summed E-state index contributed by atoms with van der Waals surface area (Å²) < 4.78 is 14.1. The Hall–Kier alpha value is -1.91. The third-order valence-electron chi connectivity index (χ3n) is 3.41. The summed E-state index contributed by atoms with van der Waals surface area (Å²) in [7, 11) is 0. The van der Waals surface area contributed by atoms with Crippen LogP contribution < -0.4 is 10.6 Å². The molecule has 0 saturated heterocycles. The molecule has 0 unspecified atom stereocenters. The second-order valence-electron chi connectivity index (χ2n) is 5.09. The first-order valence-electron chi connectivity index (χ1n) is 7.07. The Morgan fingerprint density at radius 1 is 1.14 bits per heavy atom. The van der Waals surface area contributed by atoms with Crippen molar-refractivity contribution in [1.29, 1.82) is 0 Å². The Labute approximate surface area is 124 Å². The molecule has 3 N–H and O–H groups in total. The Bertz CT molecular complexity index is 572. The fraction of sp³-hybridized carbons (Fsp3) is 0.294. The predicted molar refractivity (Wildman–Crippen MR) is 83.6 cm³/mol. The number of anilines is 1. The van der Waals surface area contributed by atoms with Crippen LogP contribution >= 0.6 is 0 Å². The van der Waals surface area contributed by atoms with E-state index < -0.39 is 6.04 Å². The standard InChI is InChI=1S/C17H21FN2O/c1-13(19)17-15(18)8-5-9-16(17)20(10-11-21)12-14-6-3-2-4-7-14/h2-9,13,21H,10-12,19H2,1H3/t13-/m0/s1. The average Bonchev–Trinajstić information content (AvgIpc) is 2.47. The Morgan fingerprint density at radius 2 is 1.86 bits per heavy atom. The van der Waals surface area contributed by atoms with Gasteiger partial charge in [-0.15, -0.1) is 0 Å². The molecule has 0 heterocycles. The first kappa shape index (κ1) is 15.5. The monoisotopic (exact) mass is 288 g/mol. The normalized spacial score (nSPS) is 12.2. The van der Waals surface area contributed by atoms with E-state index in [4.69, 9.17) is 5.73 Å². The molecule has 0 bridgehead atoms. The van der Waals surface area contributed by atoms with E-state index in [0.717, 1.165) is 11.3 Å². The van der Waals surface area contributed by atoms with Crippen LogP contribution in [0, 0.1) is 5.82 Å². The van der Waals surface area contributed by atoms with Gasteiger partial charge in [0.15, 0.2) is 0 Å². The molecule has 4 heteroatoms. The second kappa shape index (κ2) is 7.20. The van der Waals surface area contributed by atoms with E-state index in [9.17, 15) is 9.50 Å². The lowest BCUT2D eigenvalue weighted by molar-refractivity contribution is 0.301. The highest BCUT2D eigenvalue weighted by atomic mass is 19.1. The number of benzene rings is 2. The van der Waals surface area contributed by atoms with Crippen molar-refractivity contribution >= 4 is 5.69 Å². The van der Waals surface area contributed by atoms with Crippen LogP contribution in [-0.4, -0.2) is 18.3 Å². The minimum atomic E-state index is -0.404. The van der Waals surface area contributed by atoms with Crippen LogP contribution in [0.15, 0.2) is 48.5 Å². The van der Waals surface area contributed by atoms with Crippen LogP contribution in [-0.2, 0) is 6.54 Å². The van der Waals surface area contributed by atoms with E-state index in [1.54, 1.807) is 13.0 Å². The molecule has 112 valence electrons. The molecule has 2 aromatic rings. The maximum atomic E-state index is 14.1. The zero-order valence-electron chi connectivity index (χ0n) is 12.2. The van der Waals surface area contributed by atoms with Gasteiger partial charge in [0.2, 0.25) is 0 Å². The maximum Gasteiger partial charge on any atom is 0.130 e. The molecule has 0 amide bonds. The summed E-state index contributed by atoms with van der Waals surface area (Å²) in [4.78, 5) is 1.96. The van der Waals surface area contributed by atoms with Crippen LogP contribution in [0.25, 0.3) is 0 Å². The number of halogens is 1. The van der Waals surface area contributed by atoms with E-state index >= 15 is 0 Å². The smallest absolute Gasteiger partial charge is 0.130 e. The summed E-state index contributed by atoms with van der Waals surface area (Å²) in [5.74, 6) is -0.307. The Morgan fingerprint density at radius 3 is 2.48 bits per heavy atom. The van der Waals surface area contributed by atoms with Crippen molar-refractivity contribution in [3.05, 3.63) is 65.5 Å². The highest BCUT2D eigenvalue weighted by Gasteiger charge is 2.17. The molecule has 0 radical (unpaired) electrons. The van der Waals surface area contributed by atoms with Gasteiger partial charge in [0, 0.05) is 30.4 Å². The van der Waals surface area contributed by atoms with Crippen molar-refractivity contribution in [1.82, 2.24) is 0 Å². The molecule has 2 rings (SSSR count). The number of hydrogen-bond donors (Lipinski definition) is 2. The highest BCUT2D eigenvalue weighted by Crippen LogP contribution is 2.28. The summed E-state index contributed by atoms with van der Waals surface area (Å²) in [5.41, 5.74) is 8.24. The van der Waals surface area contributed by atoms with Crippen molar-refractivity contribution in [3.63, 3.8) is 0 Å². The van der Waals surface area contributed by atoms with Gasteiger partial charge < -0.3 is 15.7 Å². The van der Waals surface area contributed by atoms with E-state index in [2.05, 4.69) is 0 Å². The van der Waals surface area contributed by atoms with Gasteiger partial charge in [0.05, 0.1) is 6.61 Å². The molecule has 21 heavy (non-hydrogen) atoms. The number of nitrogens with two attached hydrogens (primary N) is 1. The summed E-state index contributed by atoms with van der Waals surface area (Å²) in [5, 5.41) is 9.31. The highest BCUT2D eigenvalue weighted by molar-refractivity contribution is 5.56. The van der Waals surface area contributed by atoms with Crippen LogP contribution in [0.5, 0.6) is 0 Å². The molecule has 0 aliphatic carbocycles. The van der Waals surface area contributed by atoms with E-state index in [1.165, 1.54) is 6.07 Å². The largest absolute Gasteiger partial charge is 0.395 e. The Balaban J connectivity index is 2.36. The second-order valence-corrected chi connectivity index (χ2v) is 5.09. The topological polar surface area (TPSA) is 49.5 Å². The minimum Gasteiger partial charge on any atom is -0.395 e. The Kier molecular flexibility index (Phi) is 5.31. The van der Waals surface area contributed by atoms with E-state index in [-0.39, 0.29) is 12.4 Å². The molecule has 0 fully saturated rings. The van der Waals surface area contributed by atoms with Crippen molar-refractivity contribution in [2.75, 3.05) is 18.1 Å². The zero-order valence-corrected chi connectivity index (χ0v) is 12.2. The molecular formula is C17H21FN2O. The molecule has 0 aliphatic heterocycles.